The molecule has 1 nitrogen and oxygen atoms in total. The Balaban J connectivity index is 2.41. The number of benzene rings is 2. The van der Waals surface area contributed by atoms with Crippen LogP contribution < -0.4 is 0 Å². The van der Waals surface area contributed by atoms with Crippen molar-refractivity contribution in [3.8, 4) is 0 Å². The summed E-state index contributed by atoms with van der Waals surface area (Å²) in [5.74, 6) is 0. The molecule has 0 aliphatic heterocycles. The molecule has 0 heterocycles. The third-order valence-corrected chi connectivity index (χ3v) is 2.31. The Morgan fingerprint density at radius 2 is 1.64 bits per heavy atom. The third kappa shape index (κ3) is 1.94. The fraction of sp³-hybridized carbons (Fsp3) is 0.231. The van der Waals surface area contributed by atoms with Gasteiger partial charge in [-0.3, -0.25) is 0 Å². The molecule has 0 saturated carbocycles. The zero-order valence-corrected chi connectivity index (χ0v) is 8.70. The van der Waals surface area contributed by atoms with Crippen LogP contribution in [-0.2, 0) is 6.54 Å². The zero-order valence-electron chi connectivity index (χ0n) is 8.70. The Morgan fingerprint density at radius 3 is 2.36 bits per heavy atom. The van der Waals surface area contributed by atoms with Gasteiger partial charge >= 0.3 is 0 Å². The molecule has 0 amide bonds. The van der Waals surface area contributed by atoms with Crippen LogP contribution in [0.5, 0.6) is 0 Å². The molecule has 2 aromatic rings. The normalized spacial score (nSPS) is 11.1. The van der Waals surface area contributed by atoms with Crippen LogP contribution >= 0.6 is 0 Å². The van der Waals surface area contributed by atoms with E-state index >= 15 is 0 Å². The van der Waals surface area contributed by atoms with Gasteiger partial charge in [0.15, 0.2) is 0 Å². The maximum atomic E-state index is 2.26. The molecular formula is C13H15N. The van der Waals surface area contributed by atoms with Crippen LogP contribution in [0.1, 0.15) is 5.56 Å². The minimum absolute atomic E-state index is 1.00. The molecular weight excluding hydrogens is 170 g/mol. The first kappa shape index (κ1) is 9.22. The first-order valence-electron chi connectivity index (χ1n) is 4.88. The molecule has 0 saturated heterocycles. The van der Waals surface area contributed by atoms with Crippen molar-refractivity contribution >= 4 is 10.8 Å². The lowest BCUT2D eigenvalue weighted by Gasteiger charge is -2.10. The van der Waals surface area contributed by atoms with E-state index in [0.717, 1.165) is 6.54 Å². The van der Waals surface area contributed by atoms with Gasteiger partial charge < -0.3 is 4.90 Å². The molecule has 72 valence electrons. The number of fused-ring (bicyclic) bond motifs is 1. The van der Waals surface area contributed by atoms with E-state index in [4.69, 9.17) is 0 Å². The van der Waals surface area contributed by atoms with E-state index in [1.54, 1.807) is 0 Å². The van der Waals surface area contributed by atoms with Crippen LogP contribution in [0, 0.1) is 0 Å². The summed E-state index contributed by atoms with van der Waals surface area (Å²) in [6, 6.07) is 15.1. The Kier molecular flexibility index (Phi) is 2.51. The molecule has 14 heavy (non-hydrogen) atoms. The van der Waals surface area contributed by atoms with Crippen LogP contribution in [-0.4, -0.2) is 19.0 Å². The summed E-state index contributed by atoms with van der Waals surface area (Å²) < 4.78 is 0. The van der Waals surface area contributed by atoms with E-state index in [9.17, 15) is 0 Å². The van der Waals surface area contributed by atoms with E-state index in [2.05, 4.69) is 61.5 Å². The largest absolute Gasteiger partial charge is 0.305 e. The highest BCUT2D eigenvalue weighted by Crippen LogP contribution is 2.16. The van der Waals surface area contributed by atoms with Crippen molar-refractivity contribution in [2.75, 3.05) is 14.1 Å². The summed E-state index contributed by atoms with van der Waals surface area (Å²) >= 11 is 0. The predicted octanol–water partition coefficient (Wildman–Crippen LogP) is 2.90. The molecule has 0 aromatic heterocycles. The van der Waals surface area contributed by atoms with Crippen molar-refractivity contribution in [2.24, 2.45) is 0 Å². The molecule has 0 N–H and O–H groups in total. The second-order valence-electron chi connectivity index (χ2n) is 3.92. The van der Waals surface area contributed by atoms with Crippen LogP contribution in [0.15, 0.2) is 42.5 Å². The Bertz CT molecular complexity index is 432. The molecule has 0 fully saturated rings. The summed E-state index contributed by atoms with van der Waals surface area (Å²) in [4.78, 5) is 2.18. The molecule has 0 aliphatic rings. The lowest BCUT2D eigenvalue weighted by atomic mass is 10.1. The minimum atomic E-state index is 1.00. The van der Waals surface area contributed by atoms with Gasteiger partial charge in [-0.05, 0) is 36.5 Å². The zero-order chi connectivity index (χ0) is 9.97. The Morgan fingerprint density at radius 1 is 0.929 bits per heavy atom. The summed E-state index contributed by atoms with van der Waals surface area (Å²) in [6.07, 6.45) is 0. The van der Waals surface area contributed by atoms with Crippen molar-refractivity contribution in [3.05, 3.63) is 48.0 Å². The van der Waals surface area contributed by atoms with E-state index in [1.807, 2.05) is 0 Å². The van der Waals surface area contributed by atoms with Crippen LogP contribution in [0.4, 0.5) is 0 Å². The molecule has 0 spiro atoms. The van der Waals surface area contributed by atoms with Crippen LogP contribution in [0.2, 0.25) is 0 Å². The first-order chi connectivity index (χ1) is 6.75. The van der Waals surface area contributed by atoms with E-state index in [1.165, 1.54) is 16.3 Å². The van der Waals surface area contributed by atoms with Gasteiger partial charge in [0.25, 0.3) is 0 Å². The van der Waals surface area contributed by atoms with Gasteiger partial charge in [-0.25, -0.2) is 0 Å². The van der Waals surface area contributed by atoms with Gasteiger partial charge in [-0.1, -0.05) is 36.4 Å². The van der Waals surface area contributed by atoms with E-state index in [0.29, 0.717) is 0 Å². The summed E-state index contributed by atoms with van der Waals surface area (Å²) in [7, 11) is 4.18. The minimum Gasteiger partial charge on any atom is -0.305 e. The summed E-state index contributed by atoms with van der Waals surface area (Å²) in [5.41, 5.74) is 1.37. The Hall–Kier alpha value is -1.34. The quantitative estimate of drug-likeness (QED) is 0.695. The van der Waals surface area contributed by atoms with Crippen molar-refractivity contribution in [1.82, 2.24) is 4.90 Å². The number of rotatable bonds is 2. The highest BCUT2D eigenvalue weighted by atomic mass is 15.0. The molecule has 2 rings (SSSR count). The molecule has 1 heteroatoms. The molecule has 0 atom stereocenters. The lowest BCUT2D eigenvalue weighted by molar-refractivity contribution is 0.403. The second kappa shape index (κ2) is 3.81. The number of nitrogens with zero attached hydrogens (tertiary/aromatic N) is 1. The summed E-state index contributed by atoms with van der Waals surface area (Å²) in [5, 5.41) is 2.64. The molecule has 2 aromatic carbocycles. The summed E-state index contributed by atoms with van der Waals surface area (Å²) in [6.45, 7) is 1.00. The van der Waals surface area contributed by atoms with E-state index in [-0.39, 0.29) is 0 Å². The number of hydrogen-bond acceptors (Lipinski definition) is 1. The van der Waals surface area contributed by atoms with Crippen LogP contribution in [0.25, 0.3) is 10.8 Å². The topological polar surface area (TPSA) is 3.24 Å². The average Bonchev–Trinajstić information content (AvgIpc) is 2.17. The van der Waals surface area contributed by atoms with Gasteiger partial charge in [0.2, 0.25) is 0 Å². The van der Waals surface area contributed by atoms with Crippen molar-refractivity contribution in [1.29, 1.82) is 0 Å². The first-order valence-corrected chi connectivity index (χ1v) is 4.88. The second-order valence-corrected chi connectivity index (χ2v) is 3.92. The maximum Gasteiger partial charge on any atom is 0.0227 e. The molecule has 0 bridgehead atoms. The number of hydrogen-bond donors (Lipinski definition) is 0. The predicted molar refractivity (Wildman–Crippen MR) is 61.3 cm³/mol. The fourth-order valence-electron chi connectivity index (χ4n) is 1.70. The highest BCUT2D eigenvalue weighted by molar-refractivity contribution is 5.82. The van der Waals surface area contributed by atoms with Crippen molar-refractivity contribution in [2.45, 2.75) is 6.54 Å². The molecule has 0 radical (unpaired) electrons. The van der Waals surface area contributed by atoms with Gasteiger partial charge in [0.05, 0.1) is 0 Å². The van der Waals surface area contributed by atoms with E-state index < -0.39 is 0 Å². The smallest absolute Gasteiger partial charge is 0.0227 e. The van der Waals surface area contributed by atoms with Gasteiger partial charge in [0, 0.05) is 6.54 Å². The highest BCUT2D eigenvalue weighted by Gasteiger charge is 1.96. The SMILES string of the molecule is CN(C)Cc1ccc2ccccc2c1. The van der Waals surface area contributed by atoms with Gasteiger partial charge in [0.1, 0.15) is 0 Å². The molecule has 0 aliphatic carbocycles. The monoisotopic (exact) mass is 185 g/mol. The van der Waals surface area contributed by atoms with Gasteiger partial charge in [-0.2, -0.15) is 0 Å². The maximum absolute atomic E-state index is 2.26. The standard InChI is InChI=1S/C13H15N/c1-14(2)10-11-7-8-12-5-3-4-6-13(12)9-11/h3-9H,10H2,1-2H3. The van der Waals surface area contributed by atoms with Crippen LogP contribution in [0.3, 0.4) is 0 Å². The van der Waals surface area contributed by atoms with Crippen molar-refractivity contribution in [3.63, 3.8) is 0 Å². The van der Waals surface area contributed by atoms with Gasteiger partial charge in [-0.15, -0.1) is 0 Å². The Labute approximate surface area is 85.0 Å². The average molecular weight is 185 g/mol. The van der Waals surface area contributed by atoms with Crippen molar-refractivity contribution < 1.29 is 0 Å². The molecule has 0 unspecified atom stereocenters. The lowest BCUT2D eigenvalue weighted by Crippen LogP contribution is -2.10. The third-order valence-electron chi connectivity index (χ3n) is 2.31. The fourth-order valence-corrected chi connectivity index (χ4v) is 1.70.